The Kier molecular flexibility index (Phi) is 10.3. The largest absolute Gasteiger partial charge is 0.391 e. The molecule has 0 aromatic carbocycles. The number of rotatable bonds is 12. The molecule has 0 aliphatic carbocycles. The van der Waals surface area contributed by atoms with Crippen molar-refractivity contribution in [1.29, 1.82) is 0 Å². The third kappa shape index (κ3) is 7.52. The van der Waals surface area contributed by atoms with Crippen LogP contribution in [0.5, 0.6) is 0 Å². The SMILES string of the molecule is CO[C@H]([C@@H](C)[C@H]1O[C@@]1(C)C[C@H](C)/C=C/C=C(\C)[C@H]1O[C@@H](CC(=O)ON2C(=O)CCC2=O)CC[C@@H]1C)[C@@H](C)O. The summed E-state index contributed by atoms with van der Waals surface area (Å²) in [6.07, 6.45) is 7.69. The zero-order valence-electron chi connectivity index (χ0n) is 23.8. The molecule has 3 saturated heterocycles. The third-order valence-corrected chi connectivity index (χ3v) is 8.05. The Balaban J connectivity index is 1.49. The third-order valence-electron chi connectivity index (χ3n) is 8.05. The molecule has 9 heteroatoms. The summed E-state index contributed by atoms with van der Waals surface area (Å²) in [7, 11) is 1.62. The van der Waals surface area contributed by atoms with E-state index >= 15 is 0 Å². The molecule has 2 amide bonds. The zero-order chi connectivity index (χ0) is 28.2. The van der Waals surface area contributed by atoms with Crippen LogP contribution in [0.15, 0.2) is 23.8 Å². The number of nitrogens with zero attached hydrogens (tertiary/aromatic N) is 1. The summed E-state index contributed by atoms with van der Waals surface area (Å²) in [5.74, 6) is -0.909. The van der Waals surface area contributed by atoms with E-state index in [-0.39, 0.29) is 61.1 Å². The van der Waals surface area contributed by atoms with E-state index in [1.54, 1.807) is 14.0 Å². The van der Waals surface area contributed by atoms with Crippen molar-refractivity contribution in [3.05, 3.63) is 23.8 Å². The predicted octanol–water partition coefficient (Wildman–Crippen LogP) is 3.89. The molecule has 0 spiro atoms. The Morgan fingerprint density at radius 2 is 1.87 bits per heavy atom. The molecule has 3 fully saturated rings. The Hall–Kier alpha value is -2.07. The first-order chi connectivity index (χ1) is 17.9. The van der Waals surface area contributed by atoms with Crippen LogP contribution in [0, 0.1) is 17.8 Å². The Bertz CT molecular complexity index is 914. The summed E-state index contributed by atoms with van der Waals surface area (Å²) < 4.78 is 17.8. The molecule has 3 rings (SSSR count). The zero-order valence-corrected chi connectivity index (χ0v) is 23.8. The number of methoxy groups -OCH3 is 1. The highest BCUT2D eigenvalue weighted by Gasteiger charge is 2.56. The van der Waals surface area contributed by atoms with E-state index in [0.717, 1.165) is 18.4 Å². The summed E-state index contributed by atoms with van der Waals surface area (Å²) in [5.41, 5.74) is 0.838. The van der Waals surface area contributed by atoms with E-state index in [2.05, 4.69) is 45.9 Å². The fourth-order valence-corrected chi connectivity index (χ4v) is 6.00. The first-order valence-electron chi connectivity index (χ1n) is 13.8. The summed E-state index contributed by atoms with van der Waals surface area (Å²) in [6.45, 7) is 12.3. The summed E-state index contributed by atoms with van der Waals surface area (Å²) in [5, 5.41) is 10.6. The lowest BCUT2D eigenvalue weighted by Gasteiger charge is -2.35. The average molecular weight is 536 g/mol. The van der Waals surface area contributed by atoms with E-state index in [1.807, 2.05) is 6.92 Å². The highest BCUT2D eigenvalue weighted by molar-refractivity contribution is 6.01. The molecular weight excluding hydrogens is 490 g/mol. The molecule has 0 saturated carbocycles. The lowest BCUT2D eigenvalue weighted by atomic mass is 9.85. The fraction of sp³-hybridized carbons (Fsp3) is 0.759. The molecule has 3 aliphatic heterocycles. The lowest BCUT2D eigenvalue weighted by Crippen LogP contribution is -2.38. The molecule has 214 valence electrons. The topological polar surface area (TPSA) is 115 Å². The van der Waals surface area contributed by atoms with E-state index in [9.17, 15) is 19.5 Å². The van der Waals surface area contributed by atoms with Gasteiger partial charge in [-0.05, 0) is 57.4 Å². The van der Waals surface area contributed by atoms with Gasteiger partial charge in [-0.3, -0.25) is 9.59 Å². The number of hydrogen-bond donors (Lipinski definition) is 1. The van der Waals surface area contributed by atoms with Crippen LogP contribution in [0.4, 0.5) is 0 Å². The van der Waals surface area contributed by atoms with E-state index in [4.69, 9.17) is 19.0 Å². The number of hydroxylamine groups is 2. The standard InChI is InChI=1S/C29H45NO8/c1-17(16-29(6)28(37-29)20(4)27(35-7)21(5)31)9-8-10-18(2)26-19(3)11-12-22(36-26)15-25(34)38-30-23(32)13-14-24(30)33/h8-10,17,19-22,26-28,31H,11-16H2,1-7H3/b9-8+,18-10+/t17-,19+,20-,21-,22-,26-,27-,28-,29+/m1/s1. The number of carbonyl (C=O) groups excluding carboxylic acids is 3. The minimum Gasteiger partial charge on any atom is -0.391 e. The highest BCUT2D eigenvalue weighted by atomic mass is 16.7. The van der Waals surface area contributed by atoms with Crippen molar-refractivity contribution >= 4 is 17.8 Å². The second kappa shape index (κ2) is 12.9. The molecule has 3 aliphatic rings. The van der Waals surface area contributed by atoms with Crippen molar-refractivity contribution in [3.63, 3.8) is 0 Å². The van der Waals surface area contributed by atoms with Crippen LogP contribution in [0.3, 0.4) is 0 Å². The molecule has 38 heavy (non-hydrogen) atoms. The van der Waals surface area contributed by atoms with Crippen LogP contribution in [-0.2, 0) is 33.4 Å². The summed E-state index contributed by atoms with van der Waals surface area (Å²) in [4.78, 5) is 40.7. The number of aliphatic hydroxyl groups is 1. The van der Waals surface area contributed by atoms with Gasteiger partial charge >= 0.3 is 5.97 Å². The first kappa shape index (κ1) is 30.5. The minimum absolute atomic E-state index is 0.00239. The molecule has 0 aromatic heterocycles. The molecule has 9 nitrogen and oxygen atoms in total. The summed E-state index contributed by atoms with van der Waals surface area (Å²) in [6, 6.07) is 0. The van der Waals surface area contributed by atoms with Crippen molar-refractivity contribution in [2.24, 2.45) is 17.8 Å². The maximum absolute atomic E-state index is 12.3. The maximum Gasteiger partial charge on any atom is 0.335 e. The van der Waals surface area contributed by atoms with Gasteiger partial charge in [0, 0.05) is 25.9 Å². The Morgan fingerprint density at radius 1 is 1.21 bits per heavy atom. The van der Waals surface area contributed by atoms with Gasteiger partial charge in [0.25, 0.3) is 11.8 Å². The van der Waals surface area contributed by atoms with Crippen molar-refractivity contribution in [3.8, 4) is 0 Å². The van der Waals surface area contributed by atoms with Crippen LogP contribution < -0.4 is 0 Å². The minimum atomic E-state index is -0.629. The number of imide groups is 1. The Labute approximate surface area is 226 Å². The van der Waals surface area contributed by atoms with E-state index in [1.165, 1.54) is 0 Å². The van der Waals surface area contributed by atoms with Crippen LogP contribution in [0.25, 0.3) is 0 Å². The van der Waals surface area contributed by atoms with Gasteiger partial charge in [0.05, 0.1) is 42.5 Å². The van der Waals surface area contributed by atoms with Gasteiger partial charge in [-0.2, -0.15) is 0 Å². The first-order valence-corrected chi connectivity index (χ1v) is 13.8. The summed E-state index contributed by atoms with van der Waals surface area (Å²) >= 11 is 0. The number of epoxide rings is 1. The number of hydrogen-bond acceptors (Lipinski definition) is 8. The average Bonchev–Trinajstić information content (AvgIpc) is 3.41. The molecular formula is C29H45NO8. The van der Waals surface area contributed by atoms with Crippen molar-refractivity contribution in [1.82, 2.24) is 5.06 Å². The van der Waals surface area contributed by atoms with Gasteiger partial charge in [0.1, 0.15) is 0 Å². The molecule has 0 aromatic rings. The van der Waals surface area contributed by atoms with Crippen LogP contribution in [0.1, 0.15) is 80.1 Å². The quantitative estimate of drug-likeness (QED) is 0.227. The van der Waals surface area contributed by atoms with Gasteiger partial charge < -0.3 is 24.2 Å². The monoisotopic (exact) mass is 535 g/mol. The number of aliphatic hydroxyl groups excluding tert-OH is 1. The molecule has 0 radical (unpaired) electrons. The van der Waals surface area contributed by atoms with Gasteiger partial charge in [-0.25, -0.2) is 4.79 Å². The van der Waals surface area contributed by atoms with Crippen LogP contribution in [-0.4, -0.2) is 71.2 Å². The molecule has 0 bridgehead atoms. The van der Waals surface area contributed by atoms with Gasteiger partial charge in [-0.15, -0.1) is 5.06 Å². The van der Waals surface area contributed by atoms with Crippen LogP contribution in [0.2, 0.25) is 0 Å². The molecule has 0 unspecified atom stereocenters. The van der Waals surface area contributed by atoms with E-state index < -0.39 is 23.9 Å². The van der Waals surface area contributed by atoms with Gasteiger partial charge in [0.15, 0.2) is 0 Å². The predicted molar refractivity (Wildman–Crippen MR) is 140 cm³/mol. The van der Waals surface area contributed by atoms with Crippen LogP contribution >= 0.6 is 0 Å². The van der Waals surface area contributed by atoms with Crippen molar-refractivity contribution in [2.75, 3.05) is 7.11 Å². The normalized spacial score (nSPS) is 33.4. The fourth-order valence-electron chi connectivity index (χ4n) is 6.00. The smallest absolute Gasteiger partial charge is 0.335 e. The number of allylic oxidation sites excluding steroid dienone is 3. The van der Waals surface area contributed by atoms with Gasteiger partial charge in [-0.1, -0.05) is 39.0 Å². The number of amides is 2. The molecule has 1 N–H and O–H groups in total. The molecule has 9 atom stereocenters. The Morgan fingerprint density at radius 3 is 2.47 bits per heavy atom. The van der Waals surface area contributed by atoms with Crippen molar-refractivity contribution in [2.45, 2.75) is 116 Å². The van der Waals surface area contributed by atoms with Crippen molar-refractivity contribution < 1.29 is 38.5 Å². The lowest BCUT2D eigenvalue weighted by molar-refractivity contribution is -0.200. The number of ether oxygens (including phenoxy) is 3. The second-order valence-corrected chi connectivity index (χ2v) is 11.6. The van der Waals surface area contributed by atoms with E-state index in [0.29, 0.717) is 17.4 Å². The highest BCUT2D eigenvalue weighted by Crippen LogP contribution is 2.47. The van der Waals surface area contributed by atoms with Gasteiger partial charge in [0.2, 0.25) is 0 Å². The molecule has 3 heterocycles. The second-order valence-electron chi connectivity index (χ2n) is 11.6. The number of carbonyl (C=O) groups is 3. The maximum atomic E-state index is 12.3.